The number of nitrogens with one attached hydrogen (secondary N) is 2. The number of rotatable bonds is 4. The molecular weight excluding hydrogens is 230 g/mol. The highest BCUT2D eigenvalue weighted by atomic mass is 16.5. The van der Waals surface area contributed by atoms with Gasteiger partial charge in [-0.2, -0.15) is 0 Å². The van der Waals surface area contributed by atoms with Crippen LogP contribution in [0.5, 0.6) is 0 Å². The Morgan fingerprint density at radius 2 is 2.22 bits per heavy atom. The van der Waals surface area contributed by atoms with Crippen LogP contribution in [0, 0.1) is 0 Å². The highest BCUT2D eigenvalue weighted by Gasteiger charge is 2.21. The summed E-state index contributed by atoms with van der Waals surface area (Å²) in [4.78, 5) is 11.3. The second-order valence-corrected chi connectivity index (χ2v) is 5.14. The summed E-state index contributed by atoms with van der Waals surface area (Å²) < 4.78 is 5.34. The molecule has 5 nitrogen and oxygen atoms in total. The number of benzene rings is 1. The maximum Gasteiger partial charge on any atom is 0.228 e. The normalized spacial score (nSPS) is 14.3. The van der Waals surface area contributed by atoms with E-state index in [4.69, 9.17) is 10.5 Å². The molecule has 1 amide bonds. The molecule has 5 heteroatoms. The summed E-state index contributed by atoms with van der Waals surface area (Å²) in [5.41, 5.74) is 8.96. The van der Waals surface area contributed by atoms with Crippen LogP contribution in [-0.2, 0) is 16.0 Å². The Hall–Kier alpha value is -1.75. The molecule has 0 unspecified atom stereocenters. The fourth-order valence-corrected chi connectivity index (χ4v) is 1.83. The van der Waals surface area contributed by atoms with Crippen molar-refractivity contribution in [2.45, 2.75) is 25.9 Å². The SMILES string of the molecule is COC(C)(C)CNc1cc2c(cc1N)CC(=O)N2. The van der Waals surface area contributed by atoms with Crippen molar-refractivity contribution in [2.75, 3.05) is 30.0 Å². The Kier molecular flexibility index (Phi) is 3.17. The molecule has 0 spiro atoms. The molecule has 2 rings (SSSR count). The molecule has 0 radical (unpaired) electrons. The third-order valence-electron chi connectivity index (χ3n) is 3.16. The molecule has 0 aromatic heterocycles. The molecule has 0 fully saturated rings. The van der Waals surface area contributed by atoms with Crippen LogP contribution in [0.15, 0.2) is 12.1 Å². The predicted octanol–water partition coefficient (Wildman–Crippen LogP) is 1.60. The molecule has 1 aromatic carbocycles. The molecule has 0 bridgehead atoms. The number of nitrogen functional groups attached to an aromatic ring is 1. The Bertz CT molecular complexity index is 483. The molecular formula is C13H19N3O2. The van der Waals surface area contributed by atoms with E-state index >= 15 is 0 Å². The molecule has 1 aromatic rings. The largest absolute Gasteiger partial charge is 0.397 e. The number of amides is 1. The summed E-state index contributed by atoms with van der Waals surface area (Å²) in [7, 11) is 1.67. The van der Waals surface area contributed by atoms with Gasteiger partial charge in [-0.1, -0.05) is 0 Å². The first-order valence-electron chi connectivity index (χ1n) is 5.92. The Morgan fingerprint density at radius 1 is 1.50 bits per heavy atom. The molecule has 0 saturated heterocycles. The van der Waals surface area contributed by atoms with Gasteiger partial charge in [0.25, 0.3) is 0 Å². The molecule has 1 aliphatic rings. The number of ether oxygens (including phenoxy) is 1. The Balaban J connectivity index is 2.15. The van der Waals surface area contributed by atoms with E-state index in [9.17, 15) is 4.79 Å². The van der Waals surface area contributed by atoms with Crippen LogP contribution in [0.4, 0.5) is 17.1 Å². The predicted molar refractivity (Wildman–Crippen MR) is 72.8 cm³/mol. The maximum atomic E-state index is 11.3. The quantitative estimate of drug-likeness (QED) is 0.708. The fraction of sp³-hybridized carbons (Fsp3) is 0.462. The maximum absolute atomic E-state index is 11.3. The van der Waals surface area contributed by atoms with E-state index < -0.39 is 0 Å². The smallest absolute Gasteiger partial charge is 0.228 e. The minimum absolute atomic E-state index is 0.0128. The van der Waals surface area contributed by atoms with Crippen molar-refractivity contribution >= 4 is 23.0 Å². The van der Waals surface area contributed by atoms with Gasteiger partial charge in [-0.15, -0.1) is 0 Å². The average Bonchev–Trinajstić information content (AvgIpc) is 2.65. The topological polar surface area (TPSA) is 76.4 Å². The van der Waals surface area contributed by atoms with Crippen molar-refractivity contribution < 1.29 is 9.53 Å². The second-order valence-electron chi connectivity index (χ2n) is 5.14. The van der Waals surface area contributed by atoms with Crippen LogP contribution in [0.25, 0.3) is 0 Å². The highest BCUT2D eigenvalue weighted by Crippen LogP contribution is 2.31. The number of anilines is 3. The van der Waals surface area contributed by atoms with Crippen molar-refractivity contribution in [2.24, 2.45) is 0 Å². The number of carbonyl (C=O) groups excluding carboxylic acids is 1. The molecule has 0 saturated carbocycles. The second kappa shape index (κ2) is 4.49. The van der Waals surface area contributed by atoms with Gasteiger partial charge in [-0.25, -0.2) is 0 Å². The number of hydrogen-bond donors (Lipinski definition) is 3. The van der Waals surface area contributed by atoms with Gasteiger partial charge in [0.1, 0.15) is 0 Å². The van der Waals surface area contributed by atoms with Crippen molar-refractivity contribution in [1.29, 1.82) is 0 Å². The summed E-state index contributed by atoms with van der Waals surface area (Å²) in [5, 5.41) is 6.06. The molecule has 4 N–H and O–H groups in total. The number of fused-ring (bicyclic) bond motifs is 1. The van der Waals surface area contributed by atoms with Gasteiger partial charge in [-0.3, -0.25) is 4.79 Å². The lowest BCUT2D eigenvalue weighted by Crippen LogP contribution is -2.32. The van der Waals surface area contributed by atoms with E-state index in [1.54, 1.807) is 7.11 Å². The molecule has 18 heavy (non-hydrogen) atoms. The summed E-state index contributed by atoms with van der Waals surface area (Å²) in [6, 6.07) is 3.72. The number of carbonyl (C=O) groups is 1. The first kappa shape index (κ1) is 12.7. The van der Waals surface area contributed by atoms with Gasteiger partial charge in [0, 0.05) is 19.3 Å². The average molecular weight is 249 g/mol. The van der Waals surface area contributed by atoms with Gasteiger partial charge < -0.3 is 21.1 Å². The minimum atomic E-state index is -0.269. The summed E-state index contributed by atoms with van der Waals surface area (Å²) in [5.74, 6) is 0.0128. The Labute approximate surface area is 107 Å². The number of nitrogens with two attached hydrogens (primary N) is 1. The number of methoxy groups -OCH3 is 1. The van der Waals surface area contributed by atoms with Crippen LogP contribution < -0.4 is 16.4 Å². The van der Waals surface area contributed by atoms with Crippen LogP contribution >= 0.6 is 0 Å². The van der Waals surface area contributed by atoms with Crippen molar-refractivity contribution in [1.82, 2.24) is 0 Å². The summed E-state index contributed by atoms with van der Waals surface area (Å²) >= 11 is 0. The Morgan fingerprint density at radius 3 is 2.89 bits per heavy atom. The van der Waals surface area contributed by atoms with Crippen LogP contribution in [-0.4, -0.2) is 25.2 Å². The number of hydrogen-bond acceptors (Lipinski definition) is 4. The van der Waals surface area contributed by atoms with Crippen LogP contribution in [0.1, 0.15) is 19.4 Å². The van der Waals surface area contributed by atoms with E-state index in [1.165, 1.54) is 0 Å². The van der Waals surface area contributed by atoms with Gasteiger partial charge in [0.05, 0.1) is 23.4 Å². The lowest BCUT2D eigenvalue weighted by Gasteiger charge is -2.24. The zero-order valence-electron chi connectivity index (χ0n) is 11.0. The summed E-state index contributed by atoms with van der Waals surface area (Å²) in [6.45, 7) is 4.62. The van der Waals surface area contributed by atoms with E-state index in [0.717, 1.165) is 16.9 Å². The standard InChI is InChI=1S/C13H19N3O2/c1-13(2,18-3)7-15-11-6-10-8(4-9(11)14)5-12(17)16-10/h4,6,15H,5,7,14H2,1-3H3,(H,16,17). The van der Waals surface area contributed by atoms with Gasteiger partial charge in [0.15, 0.2) is 0 Å². The first-order valence-corrected chi connectivity index (χ1v) is 5.92. The molecule has 0 aliphatic carbocycles. The van der Waals surface area contributed by atoms with Gasteiger partial charge in [-0.05, 0) is 31.5 Å². The van der Waals surface area contributed by atoms with E-state index in [-0.39, 0.29) is 11.5 Å². The summed E-state index contributed by atoms with van der Waals surface area (Å²) in [6.07, 6.45) is 0.406. The monoisotopic (exact) mass is 249 g/mol. The minimum Gasteiger partial charge on any atom is -0.397 e. The van der Waals surface area contributed by atoms with Crippen molar-refractivity contribution in [3.8, 4) is 0 Å². The molecule has 0 atom stereocenters. The van der Waals surface area contributed by atoms with Crippen molar-refractivity contribution in [3.05, 3.63) is 17.7 Å². The van der Waals surface area contributed by atoms with Gasteiger partial charge >= 0.3 is 0 Å². The lowest BCUT2D eigenvalue weighted by molar-refractivity contribution is -0.115. The molecule has 1 heterocycles. The first-order chi connectivity index (χ1) is 8.41. The fourth-order valence-electron chi connectivity index (χ4n) is 1.83. The van der Waals surface area contributed by atoms with Crippen LogP contribution in [0.3, 0.4) is 0 Å². The highest BCUT2D eigenvalue weighted by molar-refractivity contribution is 6.00. The van der Waals surface area contributed by atoms with Gasteiger partial charge in [0.2, 0.25) is 5.91 Å². The van der Waals surface area contributed by atoms with E-state index in [2.05, 4.69) is 10.6 Å². The van der Waals surface area contributed by atoms with Crippen LogP contribution in [0.2, 0.25) is 0 Å². The third kappa shape index (κ3) is 2.56. The lowest BCUT2D eigenvalue weighted by atomic mass is 10.1. The molecule has 98 valence electrons. The zero-order valence-corrected chi connectivity index (χ0v) is 11.0. The zero-order chi connectivity index (χ0) is 13.3. The van der Waals surface area contributed by atoms with E-state index in [1.807, 2.05) is 26.0 Å². The van der Waals surface area contributed by atoms with E-state index in [0.29, 0.717) is 18.7 Å². The molecule has 1 aliphatic heterocycles. The van der Waals surface area contributed by atoms with Crippen molar-refractivity contribution in [3.63, 3.8) is 0 Å². The third-order valence-corrected chi connectivity index (χ3v) is 3.16.